The number of nitrogens with one attached hydrogen (secondary N) is 2. The molecule has 1 fully saturated rings. The highest BCUT2D eigenvalue weighted by atomic mass is 35.5. The molecule has 9 heteroatoms. The van der Waals surface area contributed by atoms with Crippen molar-refractivity contribution >= 4 is 40.6 Å². The van der Waals surface area contributed by atoms with Crippen molar-refractivity contribution in [3.8, 4) is 0 Å². The average Bonchev–Trinajstić information content (AvgIpc) is 3.01. The molecule has 1 aliphatic heterocycles. The Balaban J connectivity index is 1.77. The third-order valence-corrected chi connectivity index (χ3v) is 3.93. The first-order valence-corrected chi connectivity index (χ1v) is 7.74. The van der Waals surface area contributed by atoms with E-state index in [2.05, 4.69) is 10.6 Å². The van der Waals surface area contributed by atoms with Gasteiger partial charge in [0.15, 0.2) is 0 Å². The van der Waals surface area contributed by atoms with Crippen LogP contribution in [0.3, 0.4) is 0 Å². The number of urea groups is 1. The number of carbonyl (C=O) groups is 2. The Labute approximate surface area is 147 Å². The van der Waals surface area contributed by atoms with Gasteiger partial charge in [-0.1, -0.05) is 11.6 Å². The maximum Gasteiger partial charge on any atom is 0.321 e. The molecule has 2 aromatic carbocycles. The molecule has 8 nitrogen and oxygen atoms in total. The van der Waals surface area contributed by atoms with Crippen molar-refractivity contribution in [1.29, 1.82) is 0 Å². The smallest absolute Gasteiger partial charge is 0.321 e. The molecule has 0 saturated carbocycles. The first-order valence-electron chi connectivity index (χ1n) is 7.36. The van der Waals surface area contributed by atoms with Crippen LogP contribution in [-0.4, -0.2) is 30.0 Å². The van der Waals surface area contributed by atoms with Crippen LogP contribution in [0.4, 0.5) is 21.9 Å². The van der Waals surface area contributed by atoms with Crippen LogP contribution in [0.2, 0.25) is 5.02 Å². The quantitative estimate of drug-likeness (QED) is 0.645. The van der Waals surface area contributed by atoms with Crippen LogP contribution in [0, 0.1) is 10.1 Å². The number of nitrogens with zero attached hydrogens (tertiary/aromatic N) is 2. The molecular formula is C16H13ClN4O4. The van der Waals surface area contributed by atoms with Crippen LogP contribution in [0.1, 0.15) is 10.4 Å². The van der Waals surface area contributed by atoms with Crippen molar-refractivity contribution in [3.63, 3.8) is 0 Å². The number of nitro benzene ring substituents is 1. The van der Waals surface area contributed by atoms with Crippen molar-refractivity contribution in [2.75, 3.05) is 23.3 Å². The van der Waals surface area contributed by atoms with Gasteiger partial charge in [-0.25, -0.2) is 4.79 Å². The fourth-order valence-electron chi connectivity index (χ4n) is 2.49. The Hall–Kier alpha value is -3.13. The third kappa shape index (κ3) is 3.53. The van der Waals surface area contributed by atoms with Crippen LogP contribution >= 0.6 is 11.6 Å². The lowest BCUT2D eigenvalue weighted by Crippen LogP contribution is -2.27. The number of amides is 3. The minimum atomic E-state index is -0.657. The van der Waals surface area contributed by atoms with Crippen molar-refractivity contribution in [2.45, 2.75) is 0 Å². The number of nitro groups is 1. The van der Waals surface area contributed by atoms with Gasteiger partial charge < -0.3 is 10.6 Å². The molecule has 128 valence electrons. The standard InChI is InChI=1S/C16H13ClN4O4/c17-10-1-6-13(14(9-10)21(24)25)15(22)19-11-2-4-12(5-3-11)20-8-7-18-16(20)23/h1-6,9H,7-8H2,(H,18,23)(H,19,22). The highest BCUT2D eigenvalue weighted by Gasteiger charge is 2.22. The molecule has 0 unspecified atom stereocenters. The zero-order valence-electron chi connectivity index (χ0n) is 12.9. The van der Waals surface area contributed by atoms with E-state index >= 15 is 0 Å². The number of rotatable bonds is 4. The van der Waals surface area contributed by atoms with E-state index in [1.54, 1.807) is 29.2 Å². The number of halogens is 1. The minimum Gasteiger partial charge on any atom is -0.336 e. The highest BCUT2D eigenvalue weighted by Crippen LogP contribution is 2.25. The van der Waals surface area contributed by atoms with Crippen molar-refractivity contribution in [1.82, 2.24) is 5.32 Å². The second kappa shape index (κ2) is 6.78. The SMILES string of the molecule is O=C(Nc1ccc(N2CCNC2=O)cc1)c1ccc(Cl)cc1[N+](=O)[O-]. The second-order valence-electron chi connectivity index (χ2n) is 5.30. The Kier molecular flexibility index (Phi) is 4.53. The minimum absolute atomic E-state index is 0.0857. The van der Waals surface area contributed by atoms with Crippen molar-refractivity contribution < 1.29 is 14.5 Å². The largest absolute Gasteiger partial charge is 0.336 e. The van der Waals surface area contributed by atoms with Crippen LogP contribution in [0.25, 0.3) is 0 Å². The summed E-state index contributed by atoms with van der Waals surface area (Å²) in [5, 5.41) is 16.6. The monoisotopic (exact) mass is 360 g/mol. The highest BCUT2D eigenvalue weighted by molar-refractivity contribution is 6.31. The zero-order valence-corrected chi connectivity index (χ0v) is 13.6. The van der Waals surface area contributed by atoms with Gasteiger partial charge in [0.25, 0.3) is 11.6 Å². The predicted octanol–water partition coefficient (Wildman–Crippen LogP) is 3.03. The summed E-state index contributed by atoms with van der Waals surface area (Å²) in [6, 6.07) is 10.3. The summed E-state index contributed by atoms with van der Waals surface area (Å²) in [6.45, 7) is 1.15. The van der Waals surface area contributed by atoms with E-state index in [1.807, 2.05) is 0 Å². The normalized spacial score (nSPS) is 13.5. The molecule has 0 atom stereocenters. The summed E-state index contributed by atoms with van der Waals surface area (Å²) < 4.78 is 0. The van der Waals surface area contributed by atoms with Crippen LogP contribution < -0.4 is 15.5 Å². The third-order valence-electron chi connectivity index (χ3n) is 3.69. The number of anilines is 2. The molecule has 2 aromatic rings. The molecule has 0 bridgehead atoms. The fraction of sp³-hybridized carbons (Fsp3) is 0.125. The van der Waals surface area contributed by atoms with E-state index in [1.165, 1.54) is 12.1 Å². The number of hydrogen-bond acceptors (Lipinski definition) is 4. The van der Waals surface area contributed by atoms with Gasteiger partial charge in [-0.15, -0.1) is 0 Å². The van der Waals surface area contributed by atoms with E-state index in [0.717, 1.165) is 6.07 Å². The summed E-state index contributed by atoms with van der Waals surface area (Å²) in [4.78, 5) is 35.9. The first kappa shape index (κ1) is 16.7. The van der Waals surface area contributed by atoms with Crippen LogP contribution in [0.15, 0.2) is 42.5 Å². The Morgan fingerprint density at radius 3 is 2.56 bits per heavy atom. The Morgan fingerprint density at radius 2 is 1.96 bits per heavy atom. The maximum atomic E-state index is 12.3. The van der Waals surface area contributed by atoms with Gasteiger partial charge in [0.05, 0.1) is 4.92 Å². The number of hydrogen-bond donors (Lipinski definition) is 2. The van der Waals surface area contributed by atoms with E-state index in [4.69, 9.17) is 11.6 Å². The molecule has 0 radical (unpaired) electrons. The zero-order chi connectivity index (χ0) is 18.0. The molecule has 25 heavy (non-hydrogen) atoms. The van der Waals surface area contributed by atoms with Crippen molar-refractivity contribution in [2.24, 2.45) is 0 Å². The summed E-state index contributed by atoms with van der Waals surface area (Å²) in [7, 11) is 0. The molecule has 1 aliphatic rings. The summed E-state index contributed by atoms with van der Waals surface area (Å²) >= 11 is 5.74. The van der Waals surface area contributed by atoms with Gasteiger partial charge in [-0.3, -0.25) is 19.8 Å². The lowest BCUT2D eigenvalue weighted by Gasteiger charge is -2.14. The molecule has 3 amide bonds. The molecule has 3 rings (SSSR count). The van der Waals surface area contributed by atoms with Gasteiger partial charge in [0, 0.05) is 35.6 Å². The summed E-state index contributed by atoms with van der Waals surface area (Å²) in [5.41, 5.74) is 0.704. The molecule has 0 spiro atoms. The van der Waals surface area contributed by atoms with Gasteiger partial charge >= 0.3 is 6.03 Å². The molecule has 0 aromatic heterocycles. The summed E-state index contributed by atoms with van der Waals surface area (Å²) in [5.74, 6) is -0.616. The van der Waals surface area contributed by atoms with Crippen LogP contribution in [0.5, 0.6) is 0 Å². The van der Waals surface area contributed by atoms with E-state index in [9.17, 15) is 19.7 Å². The van der Waals surface area contributed by atoms with E-state index in [-0.39, 0.29) is 22.3 Å². The molecule has 0 aliphatic carbocycles. The van der Waals surface area contributed by atoms with Gasteiger partial charge in [0.1, 0.15) is 5.56 Å². The molecule has 1 heterocycles. The van der Waals surface area contributed by atoms with Gasteiger partial charge in [-0.05, 0) is 36.4 Å². The van der Waals surface area contributed by atoms with Crippen LogP contribution in [-0.2, 0) is 0 Å². The Bertz CT molecular complexity index is 854. The van der Waals surface area contributed by atoms with E-state index < -0.39 is 10.8 Å². The Morgan fingerprint density at radius 1 is 1.24 bits per heavy atom. The van der Waals surface area contributed by atoms with Gasteiger partial charge in [0.2, 0.25) is 0 Å². The molecule has 2 N–H and O–H groups in total. The maximum absolute atomic E-state index is 12.3. The first-order chi connectivity index (χ1) is 12.0. The second-order valence-corrected chi connectivity index (χ2v) is 5.74. The summed E-state index contributed by atoms with van der Waals surface area (Å²) in [6.07, 6.45) is 0. The topological polar surface area (TPSA) is 105 Å². The lowest BCUT2D eigenvalue weighted by atomic mass is 10.1. The van der Waals surface area contributed by atoms with Gasteiger partial charge in [-0.2, -0.15) is 0 Å². The molecular weight excluding hydrogens is 348 g/mol. The fourth-order valence-corrected chi connectivity index (χ4v) is 2.66. The van der Waals surface area contributed by atoms with Crippen molar-refractivity contribution in [3.05, 3.63) is 63.2 Å². The lowest BCUT2D eigenvalue weighted by molar-refractivity contribution is -0.385. The predicted molar refractivity (Wildman–Crippen MR) is 93.2 cm³/mol. The van der Waals surface area contributed by atoms with E-state index in [0.29, 0.717) is 24.5 Å². The average molecular weight is 361 g/mol. The number of benzene rings is 2. The number of carbonyl (C=O) groups excluding carboxylic acids is 2. The molecule has 1 saturated heterocycles.